The minimum absolute atomic E-state index is 0.107. The molecule has 0 bridgehead atoms. The zero-order valence-corrected chi connectivity index (χ0v) is 15.6. The van der Waals surface area contributed by atoms with E-state index in [9.17, 15) is 17.6 Å². The number of sulfonamides is 1. The molecule has 6 nitrogen and oxygen atoms in total. The van der Waals surface area contributed by atoms with Gasteiger partial charge in [-0.15, -0.1) is 4.40 Å². The number of anilines is 1. The third kappa shape index (κ3) is 4.91. The van der Waals surface area contributed by atoms with Crippen LogP contribution in [-0.2, 0) is 21.4 Å². The molecule has 0 fully saturated rings. The van der Waals surface area contributed by atoms with E-state index < -0.39 is 10.0 Å². The highest BCUT2D eigenvalue weighted by molar-refractivity contribution is 7.90. The summed E-state index contributed by atoms with van der Waals surface area (Å²) in [7, 11) is -3.72. The summed E-state index contributed by atoms with van der Waals surface area (Å²) in [4.78, 5) is 12.2. The van der Waals surface area contributed by atoms with Crippen LogP contribution < -0.4 is 10.6 Å². The summed E-state index contributed by atoms with van der Waals surface area (Å²) in [5, 5.41) is 5.80. The second-order valence-electron chi connectivity index (χ2n) is 6.55. The average Bonchev–Trinajstić information content (AvgIpc) is 2.60. The van der Waals surface area contributed by atoms with Gasteiger partial charge >= 0.3 is 0 Å². The highest BCUT2D eigenvalue weighted by Gasteiger charge is 2.25. The number of fused-ring (bicyclic) bond motifs is 1. The van der Waals surface area contributed by atoms with Gasteiger partial charge < -0.3 is 10.6 Å². The number of nitrogens with zero attached hydrogens (tertiary/aromatic N) is 1. The summed E-state index contributed by atoms with van der Waals surface area (Å²) in [6.45, 7) is 2.17. The Labute approximate surface area is 157 Å². The van der Waals surface area contributed by atoms with E-state index in [2.05, 4.69) is 15.0 Å². The number of carbonyl (C=O) groups is 1. The van der Waals surface area contributed by atoms with E-state index in [0.29, 0.717) is 24.5 Å². The van der Waals surface area contributed by atoms with Crippen molar-refractivity contribution >= 4 is 27.5 Å². The quantitative estimate of drug-likeness (QED) is 0.795. The smallest absolute Gasteiger partial charge is 0.286 e. The fourth-order valence-corrected chi connectivity index (χ4v) is 4.01. The van der Waals surface area contributed by atoms with Crippen LogP contribution in [0.1, 0.15) is 25.3 Å². The lowest BCUT2D eigenvalue weighted by Gasteiger charge is -2.20. The van der Waals surface area contributed by atoms with E-state index >= 15 is 0 Å². The van der Waals surface area contributed by atoms with Gasteiger partial charge in [-0.1, -0.05) is 31.2 Å². The summed E-state index contributed by atoms with van der Waals surface area (Å²) in [5.41, 5.74) is 1.30. The fourth-order valence-electron chi connectivity index (χ4n) is 2.85. The van der Waals surface area contributed by atoms with Gasteiger partial charge in [0.05, 0.1) is 5.69 Å². The van der Waals surface area contributed by atoms with E-state index in [1.807, 2.05) is 6.92 Å². The number of rotatable bonds is 6. The number of hydrogen-bond donors (Lipinski definition) is 2. The Kier molecular flexibility index (Phi) is 5.55. The Balaban J connectivity index is 1.55. The molecule has 0 spiro atoms. The zero-order chi connectivity index (χ0) is 19.4. The predicted molar refractivity (Wildman–Crippen MR) is 101 cm³/mol. The number of carbonyl (C=O) groups excluding carboxylic acids is 1. The molecule has 1 amide bonds. The molecule has 2 N–H and O–H groups in total. The Morgan fingerprint density at radius 1 is 1.19 bits per heavy atom. The van der Waals surface area contributed by atoms with E-state index in [0.717, 1.165) is 5.56 Å². The van der Waals surface area contributed by atoms with Crippen molar-refractivity contribution in [2.24, 2.45) is 10.3 Å². The largest absolute Gasteiger partial charge is 0.352 e. The molecule has 1 aliphatic rings. The molecule has 27 heavy (non-hydrogen) atoms. The van der Waals surface area contributed by atoms with E-state index in [-0.39, 0.29) is 29.0 Å². The lowest BCUT2D eigenvalue weighted by molar-refractivity contribution is -0.122. The lowest BCUT2D eigenvalue weighted by Crippen LogP contribution is -2.27. The molecule has 0 radical (unpaired) electrons. The molecule has 0 saturated carbocycles. The molecule has 0 saturated heterocycles. The van der Waals surface area contributed by atoms with Gasteiger partial charge in [-0.25, -0.2) is 4.39 Å². The van der Waals surface area contributed by atoms with Crippen LogP contribution >= 0.6 is 0 Å². The number of amidine groups is 1. The van der Waals surface area contributed by atoms with Crippen molar-refractivity contribution in [2.45, 2.75) is 31.2 Å². The maximum atomic E-state index is 12.9. The molecule has 1 atom stereocenters. The van der Waals surface area contributed by atoms with Gasteiger partial charge in [-0.3, -0.25) is 4.79 Å². The van der Waals surface area contributed by atoms with Crippen LogP contribution in [-0.4, -0.2) is 20.2 Å². The molecule has 0 aromatic heterocycles. The Bertz CT molecular complexity index is 972. The molecule has 142 valence electrons. The first-order valence-corrected chi connectivity index (χ1v) is 9.98. The van der Waals surface area contributed by atoms with Crippen LogP contribution in [0.2, 0.25) is 0 Å². The number of hydrogen-bond acceptors (Lipinski definition) is 4. The minimum atomic E-state index is -3.72. The first kappa shape index (κ1) is 19.0. The monoisotopic (exact) mass is 389 g/mol. The Hall–Kier alpha value is -2.74. The van der Waals surface area contributed by atoms with Crippen LogP contribution in [0.15, 0.2) is 57.8 Å². The zero-order valence-electron chi connectivity index (χ0n) is 14.8. The van der Waals surface area contributed by atoms with Crippen LogP contribution in [0, 0.1) is 11.7 Å². The molecule has 8 heteroatoms. The summed E-state index contributed by atoms with van der Waals surface area (Å²) in [6.07, 6.45) is 0.557. The van der Waals surface area contributed by atoms with Gasteiger partial charge in [-0.2, -0.15) is 8.42 Å². The molecular formula is C19H20FN3O3S. The molecular weight excluding hydrogens is 369 g/mol. The average molecular weight is 389 g/mol. The predicted octanol–water partition coefficient (Wildman–Crippen LogP) is 3.07. The van der Waals surface area contributed by atoms with E-state index in [1.54, 1.807) is 30.3 Å². The fraction of sp³-hybridized carbons (Fsp3) is 0.263. The van der Waals surface area contributed by atoms with E-state index in [4.69, 9.17) is 0 Å². The molecule has 1 aliphatic heterocycles. The SMILES string of the molecule is CC(CC(=O)NCc1ccc(F)cc1)CC1=NS(=O)(=O)c2ccccc2N1. The van der Waals surface area contributed by atoms with Crippen LogP contribution in [0.4, 0.5) is 10.1 Å². The summed E-state index contributed by atoms with van der Waals surface area (Å²) in [5.74, 6) is -0.264. The standard InChI is InChI=1S/C19H20FN3O3S/c1-13(11-19(24)21-12-14-6-8-15(20)9-7-14)10-18-22-16-4-2-3-5-17(16)27(25,26)23-18/h2-9,13H,10-12H2,1H3,(H,21,24)(H,22,23). The first-order chi connectivity index (χ1) is 12.8. The van der Waals surface area contributed by atoms with Gasteiger partial charge in [0.25, 0.3) is 10.0 Å². The van der Waals surface area contributed by atoms with Crippen molar-refractivity contribution in [1.29, 1.82) is 0 Å². The number of halogens is 1. The summed E-state index contributed by atoms with van der Waals surface area (Å²) < 4.78 is 41.2. The maximum Gasteiger partial charge on any atom is 0.286 e. The van der Waals surface area contributed by atoms with Gasteiger partial charge in [-0.05, 0) is 35.7 Å². The number of amides is 1. The van der Waals surface area contributed by atoms with E-state index in [1.165, 1.54) is 18.2 Å². The van der Waals surface area contributed by atoms with Gasteiger partial charge in [0.1, 0.15) is 16.5 Å². The van der Waals surface area contributed by atoms with Crippen molar-refractivity contribution in [2.75, 3.05) is 5.32 Å². The molecule has 1 heterocycles. The maximum absolute atomic E-state index is 12.9. The highest BCUT2D eigenvalue weighted by Crippen LogP contribution is 2.28. The second-order valence-corrected chi connectivity index (χ2v) is 8.12. The second kappa shape index (κ2) is 7.87. The first-order valence-electron chi connectivity index (χ1n) is 8.54. The number of para-hydroxylation sites is 1. The lowest BCUT2D eigenvalue weighted by atomic mass is 10.0. The van der Waals surface area contributed by atoms with Crippen LogP contribution in [0.3, 0.4) is 0 Å². The summed E-state index contributed by atoms with van der Waals surface area (Å²) >= 11 is 0. The molecule has 1 unspecified atom stereocenters. The van der Waals surface area contributed by atoms with Crippen LogP contribution in [0.5, 0.6) is 0 Å². The minimum Gasteiger partial charge on any atom is -0.352 e. The van der Waals surface area contributed by atoms with Gasteiger partial charge in [0, 0.05) is 19.4 Å². The van der Waals surface area contributed by atoms with Crippen molar-refractivity contribution in [3.63, 3.8) is 0 Å². The number of nitrogens with one attached hydrogen (secondary N) is 2. The van der Waals surface area contributed by atoms with Crippen molar-refractivity contribution in [3.05, 3.63) is 59.9 Å². The van der Waals surface area contributed by atoms with Crippen LogP contribution in [0.25, 0.3) is 0 Å². The molecule has 2 aromatic carbocycles. The van der Waals surface area contributed by atoms with Gasteiger partial charge in [0.2, 0.25) is 5.91 Å². The third-order valence-electron chi connectivity index (χ3n) is 4.15. The third-order valence-corrected chi connectivity index (χ3v) is 5.53. The Morgan fingerprint density at radius 3 is 2.63 bits per heavy atom. The van der Waals surface area contributed by atoms with Gasteiger partial charge in [0.15, 0.2) is 0 Å². The Morgan fingerprint density at radius 2 is 1.89 bits per heavy atom. The molecule has 3 rings (SSSR count). The molecule has 0 aliphatic carbocycles. The van der Waals surface area contributed by atoms with Crippen molar-refractivity contribution in [1.82, 2.24) is 5.32 Å². The highest BCUT2D eigenvalue weighted by atomic mass is 32.2. The summed E-state index contributed by atoms with van der Waals surface area (Å²) in [6, 6.07) is 12.5. The normalized spacial score (nSPS) is 15.9. The number of benzene rings is 2. The van der Waals surface area contributed by atoms with Crippen molar-refractivity contribution in [3.8, 4) is 0 Å². The van der Waals surface area contributed by atoms with Crippen molar-refractivity contribution < 1.29 is 17.6 Å². The topological polar surface area (TPSA) is 87.6 Å². The molecule has 2 aromatic rings.